The molecule has 1 aromatic rings. The summed E-state index contributed by atoms with van der Waals surface area (Å²) in [6.07, 6.45) is 20.5. The van der Waals surface area contributed by atoms with Crippen molar-refractivity contribution in [3.05, 3.63) is 24.3 Å². The molecule has 0 radical (unpaired) electrons. The van der Waals surface area contributed by atoms with Crippen LogP contribution in [0.1, 0.15) is 123 Å². The highest BCUT2D eigenvalue weighted by Crippen LogP contribution is 2.42. The molecule has 2 aliphatic rings. The average molecular weight is 485 g/mol. The van der Waals surface area contributed by atoms with Gasteiger partial charge in [0.1, 0.15) is 11.5 Å². The van der Waals surface area contributed by atoms with E-state index in [0.29, 0.717) is 17.9 Å². The number of carbonyl (C=O) groups is 2. The number of rotatable bonds is 13. The zero-order valence-corrected chi connectivity index (χ0v) is 22.3. The number of carbonyl (C=O) groups excluding carboxylic acids is 2. The molecule has 3 rings (SSSR count). The molecule has 0 unspecified atom stereocenters. The molecule has 1 aromatic carbocycles. The smallest absolute Gasteiger partial charge is 0.314 e. The Kier molecular flexibility index (Phi) is 12.1. The zero-order chi connectivity index (χ0) is 24.9. The van der Waals surface area contributed by atoms with Crippen LogP contribution in [-0.2, 0) is 9.59 Å². The monoisotopic (exact) mass is 484 g/mol. The predicted molar refractivity (Wildman–Crippen MR) is 142 cm³/mol. The van der Waals surface area contributed by atoms with E-state index in [0.717, 1.165) is 43.4 Å². The predicted octanol–water partition coefficient (Wildman–Crippen LogP) is 8.66. The van der Waals surface area contributed by atoms with E-state index >= 15 is 0 Å². The molecule has 2 aliphatic carbocycles. The lowest BCUT2D eigenvalue weighted by Gasteiger charge is -2.37. The summed E-state index contributed by atoms with van der Waals surface area (Å²) in [4.78, 5) is 24.5. The van der Waals surface area contributed by atoms with Crippen LogP contribution in [0.4, 0.5) is 0 Å². The van der Waals surface area contributed by atoms with Crippen molar-refractivity contribution in [1.29, 1.82) is 0 Å². The van der Waals surface area contributed by atoms with Crippen LogP contribution in [-0.4, -0.2) is 11.9 Å². The fourth-order valence-electron chi connectivity index (χ4n) is 6.09. The Morgan fingerprint density at radius 1 is 0.686 bits per heavy atom. The molecule has 0 atom stereocenters. The molecular weight excluding hydrogens is 436 g/mol. The van der Waals surface area contributed by atoms with E-state index in [2.05, 4.69) is 6.92 Å². The third-order valence-electron chi connectivity index (χ3n) is 8.39. The Bertz CT molecular complexity index is 740. The van der Waals surface area contributed by atoms with Crippen LogP contribution in [0.2, 0.25) is 0 Å². The molecule has 4 nitrogen and oxygen atoms in total. The first kappa shape index (κ1) is 27.7. The first-order chi connectivity index (χ1) is 17.1. The third-order valence-corrected chi connectivity index (χ3v) is 8.39. The molecule has 0 bridgehead atoms. The van der Waals surface area contributed by atoms with Crippen LogP contribution in [0.5, 0.6) is 11.5 Å². The van der Waals surface area contributed by atoms with E-state index in [4.69, 9.17) is 9.47 Å². The number of hydrogen-bond donors (Lipinski definition) is 0. The van der Waals surface area contributed by atoms with Crippen LogP contribution in [0, 0.1) is 23.7 Å². The van der Waals surface area contributed by atoms with Gasteiger partial charge in [-0.25, -0.2) is 0 Å². The number of ether oxygens (including phenoxy) is 2. The highest BCUT2D eigenvalue weighted by atomic mass is 16.5. The van der Waals surface area contributed by atoms with E-state index in [1.54, 1.807) is 24.3 Å². The summed E-state index contributed by atoms with van der Waals surface area (Å²) < 4.78 is 11.0. The van der Waals surface area contributed by atoms with Crippen molar-refractivity contribution in [3.63, 3.8) is 0 Å². The molecule has 0 heterocycles. The third kappa shape index (κ3) is 9.61. The molecule has 0 N–H and O–H groups in total. The second kappa shape index (κ2) is 15.3. The second-order valence-electron chi connectivity index (χ2n) is 11.1. The van der Waals surface area contributed by atoms with Crippen molar-refractivity contribution in [2.75, 3.05) is 0 Å². The molecule has 0 aliphatic heterocycles. The van der Waals surface area contributed by atoms with E-state index in [1.165, 1.54) is 77.0 Å². The first-order valence-corrected chi connectivity index (χ1v) is 14.6. The lowest BCUT2D eigenvalue weighted by molar-refractivity contribution is -0.140. The topological polar surface area (TPSA) is 52.6 Å². The van der Waals surface area contributed by atoms with Crippen LogP contribution < -0.4 is 9.47 Å². The molecular formula is C31H48O4. The number of hydrogen-bond acceptors (Lipinski definition) is 4. The minimum absolute atomic E-state index is 0.0113. The van der Waals surface area contributed by atoms with Gasteiger partial charge < -0.3 is 9.47 Å². The maximum Gasteiger partial charge on any atom is 0.314 e. The summed E-state index contributed by atoms with van der Waals surface area (Å²) in [5.41, 5.74) is 0. The van der Waals surface area contributed by atoms with Crippen molar-refractivity contribution >= 4 is 11.9 Å². The standard InChI is InChI=1S/C31H48O4/c1-3-5-7-8-9-10-24-12-14-25(15-13-24)26-16-18-27(19-17-26)31(33)35-29-22-20-28(21-23-29)34-30(32)11-6-4-2/h20-27H,3-19H2,1-2H3. The Morgan fingerprint density at radius 3 is 1.83 bits per heavy atom. The van der Waals surface area contributed by atoms with E-state index in [1.807, 2.05) is 6.92 Å². The minimum atomic E-state index is -0.218. The molecule has 196 valence electrons. The summed E-state index contributed by atoms with van der Waals surface area (Å²) in [6, 6.07) is 6.83. The van der Waals surface area contributed by atoms with E-state index in [-0.39, 0.29) is 17.9 Å². The summed E-state index contributed by atoms with van der Waals surface area (Å²) in [5, 5.41) is 0. The van der Waals surface area contributed by atoms with Crippen molar-refractivity contribution in [2.45, 2.75) is 123 Å². The molecule has 0 aromatic heterocycles. The minimum Gasteiger partial charge on any atom is -0.427 e. The Morgan fingerprint density at radius 2 is 1.23 bits per heavy atom. The van der Waals surface area contributed by atoms with Gasteiger partial charge in [-0.1, -0.05) is 71.6 Å². The molecule has 35 heavy (non-hydrogen) atoms. The summed E-state index contributed by atoms with van der Waals surface area (Å²) >= 11 is 0. The van der Waals surface area contributed by atoms with Crippen molar-refractivity contribution in [3.8, 4) is 11.5 Å². The van der Waals surface area contributed by atoms with Gasteiger partial charge in [-0.15, -0.1) is 0 Å². The molecule has 4 heteroatoms. The maximum atomic E-state index is 12.7. The average Bonchev–Trinajstić information content (AvgIpc) is 2.89. The lowest BCUT2D eigenvalue weighted by atomic mass is 9.68. The largest absolute Gasteiger partial charge is 0.427 e. The van der Waals surface area contributed by atoms with Crippen molar-refractivity contribution < 1.29 is 19.1 Å². The Hall–Kier alpha value is -1.84. The summed E-state index contributed by atoms with van der Waals surface area (Å²) in [5.74, 6) is 3.34. The van der Waals surface area contributed by atoms with Crippen LogP contribution in [0.3, 0.4) is 0 Å². The van der Waals surface area contributed by atoms with E-state index < -0.39 is 0 Å². The van der Waals surface area contributed by atoms with E-state index in [9.17, 15) is 9.59 Å². The molecule has 2 saturated carbocycles. The van der Waals surface area contributed by atoms with Crippen LogP contribution >= 0.6 is 0 Å². The van der Waals surface area contributed by atoms with Crippen molar-refractivity contribution in [2.24, 2.45) is 23.7 Å². The second-order valence-corrected chi connectivity index (χ2v) is 11.1. The SMILES string of the molecule is CCCCCCCC1CCC(C2CCC(C(=O)Oc3ccc(OC(=O)CCCC)cc3)CC2)CC1. The van der Waals surface area contributed by atoms with Crippen LogP contribution in [0.15, 0.2) is 24.3 Å². The fraction of sp³-hybridized carbons (Fsp3) is 0.742. The molecule has 0 spiro atoms. The summed E-state index contributed by atoms with van der Waals surface area (Å²) in [7, 11) is 0. The Balaban J connectivity index is 1.32. The van der Waals surface area contributed by atoms with Gasteiger partial charge >= 0.3 is 11.9 Å². The fourth-order valence-corrected chi connectivity index (χ4v) is 6.09. The quantitative estimate of drug-likeness (QED) is 0.160. The van der Waals surface area contributed by atoms with Gasteiger partial charge in [0, 0.05) is 6.42 Å². The van der Waals surface area contributed by atoms with Gasteiger partial charge in [-0.2, -0.15) is 0 Å². The number of unbranched alkanes of at least 4 members (excludes halogenated alkanes) is 5. The van der Waals surface area contributed by atoms with Gasteiger partial charge in [0.05, 0.1) is 5.92 Å². The molecule has 0 amide bonds. The van der Waals surface area contributed by atoms with Gasteiger partial charge in [-0.05, 0) is 87.0 Å². The van der Waals surface area contributed by atoms with Crippen LogP contribution in [0.25, 0.3) is 0 Å². The number of benzene rings is 1. The summed E-state index contributed by atoms with van der Waals surface area (Å²) in [6.45, 7) is 4.33. The highest BCUT2D eigenvalue weighted by molar-refractivity contribution is 5.75. The molecule has 2 fully saturated rings. The zero-order valence-electron chi connectivity index (χ0n) is 22.3. The van der Waals surface area contributed by atoms with Crippen molar-refractivity contribution in [1.82, 2.24) is 0 Å². The highest BCUT2D eigenvalue weighted by Gasteiger charge is 2.33. The maximum absolute atomic E-state index is 12.7. The van der Waals surface area contributed by atoms with Gasteiger partial charge in [-0.3, -0.25) is 9.59 Å². The molecule has 0 saturated heterocycles. The normalized spacial score (nSPS) is 24.6. The Labute approximate surface area is 213 Å². The van der Waals surface area contributed by atoms with Gasteiger partial charge in [0.15, 0.2) is 0 Å². The number of esters is 2. The van der Waals surface area contributed by atoms with Gasteiger partial charge in [0.2, 0.25) is 0 Å². The van der Waals surface area contributed by atoms with Gasteiger partial charge in [0.25, 0.3) is 0 Å². The first-order valence-electron chi connectivity index (χ1n) is 14.6. The lowest BCUT2D eigenvalue weighted by Crippen LogP contribution is -2.30.